The number of ketones is 1. The third-order valence-electron chi connectivity index (χ3n) is 3.60. The molecule has 0 radical (unpaired) electrons. The molecule has 1 aliphatic heterocycles. The molecule has 1 fully saturated rings. The predicted octanol–water partition coefficient (Wildman–Crippen LogP) is 1.63. The van der Waals surface area contributed by atoms with Crippen LogP contribution in [0.2, 0.25) is 0 Å². The quantitative estimate of drug-likeness (QED) is 0.715. The second kappa shape index (κ2) is 4.46. The van der Waals surface area contributed by atoms with Gasteiger partial charge in [0.2, 0.25) is 0 Å². The van der Waals surface area contributed by atoms with Crippen LogP contribution < -0.4 is 0 Å². The summed E-state index contributed by atoms with van der Waals surface area (Å²) in [5.74, 6) is 0.341. The lowest BCUT2D eigenvalue weighted by molar-refractivity contribution is -0.128. The zero-order valence-corrected chi connectivity index (χ0v) is 11.6. The Morgan fingerprint density at radius 3 is 2.25 bits per heavy atom. The van der Waals surface area contributed by atoms with E-state index in [-0.39, 0.29) is 11.0 Å². The van der Waals surface area contributed by atoms with Gasteiger partial charge in [0, 0.05) is 30.6 Å². The van der Waals surface area contributed by atoms with Gasteiger partial charge < -0.3 is 0 Å². The van der Waals surface area contributed by atoms with Crippen molar-refractivity contribution in [3.8, 4) is 0 Å². The summed E-state index contributed by atoms with van der Waals surface area (Å²) in [4.78, 5) is 16.6. The van der Waals surface area contributed by atoms with E-state index >= 15 is 0 Å². The number of nitrogens with zero attached hydrogens (tertiary/aromatic N) is 2. The zero-order valence-electron chi connectivity index (χ0n) is 11.6. The number of carbonyl (C=O) groups is 1. The molecular formula is C13H26N2O. The topological polar surface area (TPSA) is 23.6 Å². The Labute approximate surface area is 99.8 Å². The molecule has 1 saturated heterocycles. The molecule has 3 nitrogen and oxygen atoms in total. The SMILES string of the molecule is CN1CCN(CC(=O)C(C)(C)C)CC1(C)C. The van der Waals surface area contributed by atoms with Crippen LogP contribution in [-0.2, 0) is 4.79 Å². The largest absolute Gasteiger partial charge is 0.299 e. The van der Waals surface area contributed by atoms with Crippen molar-refractivity contribution in [1.29, 1.82) is 0 Å². The van der Waals surface area contributed by atoms with Gasteiger partial charge in [0.25, 0.3) is 0 Å². The maximum atomic E-state index is 12.0. The van der Waals surface area contributed by atoms with E-state index in [9.17, 15) is 4.79 Å². The minimum atomic E-state index is -0.215. The van der Waals surface area contributed by atoms with Gasteiger partial charge in [0.05, 0.1) is 6.54 Å². The number of hydrogen-bond donors (Lipinski definition) is 0. The van der Waals surface area contributed by atoms with Crippen LogP contribution in [-0.4, -0.2) is 54.3 Å². The van der Waals surface area contributed by atoms with Crippen molar-refractivity contribution in [2.45, 2.75) is 40.2 Å². The van der Waals surface area contributed by atoms with E-state index in [2.05, 4.69) is 30.7 Å². The van der Waals surface area contributed by atoms with E-state index in [0.29, 0.717) is 12.3 Å². The molecule has 3 heteroatoms. The van der Waals surface area contributed by atoms with Gasteiger partial charge in [-0.3, -0.25) is 14.6 Å². The van der Waals surface area contributed by atoms with Gasteiger partial charge in [-0.1, -0.05) is 20.8 Å². The zero-order chi connectivity index (χ0) is 12.6. The number of piperazine rings is 1. The molecule has 0 aromatic heterocycles. The standard InChI is InChI=1S/C13H26N2O/c1-12(2,3)11(16)9-15-8-7-14(6)13(4,5)10-15/h7-10H2,1-6H3. The number of Topliss-reactive ketones (excluding diaryl/α,β-unsaturated/α-hetero) is 1. The fourth-order valence-corrected chi connectivity index (χ4v) is 1.92. The molecule has 0 unspecified atom stereocenters. The molecule has 1 heterocycles. The highest BCUT2D eigenvalue weighted by Crippen LogP contribution is 2.21. The second-order valence-corrected chi connectivity index (χ2v) is 6.62. The normalized spacial score (nSPS) is 23.4. The third-order valence-corrected chi connectivity index (χ3v) is 3.60. The first-order valence-electron chi connectivity index (χ1n) is 6.10. The van der Waals surface area contributed by atoms with Crippen molar-refractivity contribution < 1.29 is 4.79 Å². The third kappa shape index (κ3) is 3.29. The molecule has 0 N–H and O–H groups in total. The van der Waals surface area contributed by atoms with E-state index in [0.717, 1.165) is 19.6 Å². The molecule has 16 heavy (non-hydrogen) atoms. The summed E-state index contributed by atoms with van der Waals surface area (Å²) in [6.45, 7) is 14.1. The van der Waals surface area contributed by atoms with Gasteiger partial charge in [-0.2, -0.15) is 0 Å². The van der Waals surface area contributed by atoms with Crippen molar-refractivity contribution in [3.63, 3.8) is 0 Å². The van der Waals surface area contributed by atoms with Gasteiger partial charge in [-0.05, 0) is 20.9 Å². The molecule has 0 saturated carbocycles. The average Bonchev–Trinajstić information content (AvgIpc) is 2.09. The van der Waals surface area contributed by atoms with E-state index < -0.39 is 0 Å². The van der Waals surface area contributed by atoms with Crippen LogP contribution in [0, 0.1) is 5.41 Å². The number of likely N-dealkylation sites (N-methyl/N-ethyl adjacent to an activating group) is 1. The van der Waals surface area contributed by atoms with Gasteiger partial charge in [-0.25, -0.2) is 0 Å². The molecule has 1 rings (SSSR count). The van der Waals surface area contributed by atoms with Gasteiger partial charge in [-0.15, -0.1) is 0 Å². The Hall–Kier alpha value is -0.410. The van der Waals surface area contributed by atoms with Crippen molar-refractivity contribution in [2.75, 3.05) is 33.2 Å². The van der Waals surface area contributed by atoms with Crippen LogP contribution in [0.25, 0.3) is 0 Å². The number of rotatable bonds is 2. The Morgan fingerprint density at radius 1 is 1.25 bits per heavy atom. The minimum absolute atomic E-state index is 0.177. The summed E-state index contributed by atoms with van der Waals surface area (Å²) in [6.07, 6.45) is 0. The Morgan fingerprint density at radius 2 is 1.81 bits per heavy atom. The Kier molecular flexibility index (Phi) is 3.80. The van der Waals surface area contributed by atoms with Crippen LogP contribution in [0.1, 0.15) is 34.6 Å². The fraction of sp³-hybridized carbons (Fsp3) is 0.923. The molecule has 0 amide bonds. The first kappa shape index (κ1) is 13.7. The maximum Gasteiger partial charge on any atom is 0.152 e. The van der Waals surface area contributed by atoms with Crippen LogP contribution in [0.3, 0.4) is 0 Å². The molecule has 94 valence electrons. The van der Waals surface area contributed by atoms with E-state index in [1.54, 1.807) is 0 Å². The Bertz CT molecular complexity index is 266. The first-order chi connectivity index (χ1) is 7.13. The lowest BCUT2D eigenvalue weighted by Crippen LogP contribution is -2.58. The average molecular weight is 226 g/mol. The lowest BCUT2D eigenvalue weighted by Gasteiger charge is -2.45. The number of hydrogen-bond acceptors (Lipinski definition) is 3. The molecule has 0 aromatic rings. The molecule has 0 aromatic carbocycles. The van der Waals surface area contributed by atoms with Crippen LogP contribution in [0.15, 0.2) is 0 Å². The van der Waals surface area contributed by atoms with E-state index in [1.807, 2.05) is 20.8 Å². The first-order valence-corrected chi connectivity index (χ1v) is 6.10. The predicted molar refractivity (Wildman–Crippen MR) is 67.6 cm³/mol. The molecule has 0 atom stereocenters. The molecule has 1 aliphatic rings. The van der Waals surface area contributed by atoms with Gasteiger partial charge in [0.15, 0.2) is 5.78 Å². The van der Waals surface area contributed by atoms with Crippen LogP contribution >= 0.6 is 0 Å². The fourth-order valence-electron chi connectivity index (χ4n) is 1.92. The summed E-state index contributed by atoms with van der Waals surface area (Å²) >= 11 is 0. The molecule has 0 spiro atoms. The molecule has 0 bridgehead atoms. The summed E-state index contributed by atoms with van der Waals surface area (Å²) in [5, 5.41) is 0. The van der Waals surface area contributed by atoms with Crippen molar-refractivity contribution in [1.82, 2.24) is 9.80 Å². The highest BCUT2D eigenvalue weighted by molar-refractivity contribution is 5.85. The summed E-state index contributed by atoms with van der Waals surface area (Å²) < 4.78 is 0. The van der Waals surface area contributed by atoms with E-state index in [1.165, 1.54) is 0 Å². The molecular weight excluding hydrogens is 200 g/mol. The highest BCUT2D eigenvalue weighted by Gasteiger charge is 2.33. The van der Waals surface area contributed by atoms with Gasteiger partial charge >= 0.3 is 0 Å². The summed E-state index contributed by atoms with van der Waals surface area (Å²) in [6, 6.07) is 0. The number of carbonyl (C=O) groups excluding carboxylic acids is 1. The monoisotopic (exact) mass is 226 g/mol. The van der Waals surface area contributed by atoms with Gasteiger partial charge in [0.1, 0.15) is 0 Å². The highest BCUT2D eigenvalue weighted by atomic mass is 16.1. The Balaban J connectivity index is 2.55. The van der Waals surface area contributed by atoms with Crippen LogP contribution in [0.4, 0.5) is 0 Å². The lowest BCUT2D eigenvalue weighted by atomic mass is 9.90. The maximum absolute atomic E-state index is 12.0. The summed E-state index contributed by atoms with van der Waals surface area (Å²) in [7, 11) is 2.16. The van der Waals surface area contributed by atoms with E-state index in [4.69, 9.17) is 0 Å². The van der Waals surface area contributed by atoms with Crippen molar-refractivity contribution in [2.24, 2.45) is 5.41 Å². The smallest absolute Gasteiger partial charge is 0.152 e. The van der Waals surface area contributed by atoms with Crippen LogP contribution in [0.5, 0.6) is 0 Å². The summed E-state index contributed by atoms with van der Waals surface area (Å²) in [5.41, 5.74) is -0.0378. The second-order valence-electron chi connectivity index (χ2n) is 6.62. The minimum Gasteiger partial charge on any atom is -0.299 e. The van der Waals surface area contributed by atoms with Crippen molar-refractivity contribution in [3.05, 3.63) is 0 Å². The van der Waals surface area contributed by atoms with Crippen molar-refractivity contribution >= 4 is 5.78 Å². The molecule has 0 aliphatic carbocycles.